The van der Waals surface area contributed by atoms with E-state index >= 15 is 0 Å². The van der Waals surface area contributed by atoms with Crippen LogP contribution in [0.2, 0.25) is 0 Å². The number of nitrogens with zero attached hydrogens (tertiary/aromatic N) is 2. The van der Waals surface area contributed by atoms with Crippen LogP contribution in [0.3, 0.4) is 0 Å². The van der Waals surface area contributed by atoms with E-state index in [2.05, 4.69) is 0 Å². The monoisotopic (exact) mass is 394 g/mol. The number of fused-ring (bicyclic) bond motifs is 1. The van der Waals surface area contributed by atoms with E-state index in [1.54, 1.807) is 31.4 Å². The Labute approximate surface area is 171 Å². The second-order valence-electron chi connectivity index (χ2n) is 7.54. The lowest BCUT2D eigenvalue weighted by Crippen LogP contribution is -2.48. The van der Waals surface area contributed by atoms with Gasteiger partial charge in [0.2, 0.25) is 5.91 Å². The van der Waals surface area contributed by atoms with Gasteiger partial charge in [-0.05, 0) is 49.2 Å². The van der Waals surface area contributed by atoms with E-state index in [1.807, 2.05) is 41.0 Å². The first-order valence-electron chi connectivity index (χ1n) is 10.0. The molecule has 152 valence electrons. The molecule has 6 nitrogen and oxygen atoms in total. The predicted octanol–water partition coefficient (Wildman–Crippen LogP) is 3.08. The van der Waals surface area contributed by atoms with Gasteiger partial charge in [-0.3, -0.25) is 9.59 Å². The third-order valence-electron chi connectivity index (χ3n) is 5.77. The average Bonchev–Trinajstić information content (AvgIpc) is 2.78. The Morgan fingerprint density at radius 1 is 1.03 bits per heavy atom. The van der Waals surface area contributed by atoms with Crippen molar-refractivity contribution in [2.24, 2.45) is 0 Å². The number of para-hydroxylation sites is 1. The molecule has 2 unspecified atom stereocenters. The van der Waals surface area contributed by atoms with Crippen molar-refractivity contribution < 1.29 is 19.1 Å². The van der Waals surface area contributed by atoms with E-state index in [9.17, 15) is 9.59 Å². The van der Waals surface area contributed by atoms with Crippen LogP contribution < -0.4 is 9.64 Å². The van der Waals surface area contributed by atoms with E-state index < -0.39 is 0 Å². The number of hydrogen-bond acceptors (Lipinski definition) is 4. The molecule has 2 atom stereocenters. The first-order valence-corrected chi connectivity index (χ1v) is 10.0. The molecule has 0 bridgehead atoms. The summed E-state index contributed by atoms with van der Waals surface area (Å²) in [5, 5.41) is 0. The molecule has 6 heteroatoms. The van der Waals surface area contributed by atoms with Gasteiger partial charge in [0, 0.05) is 30.4 Å². The Kier molecular flexibility index (Phi) is 5.53. The van der Waals surface area contributed by atoms with Crippen molar-refractivity contribution in [2.75, 3.05) is 38.3 Å². The molecule has 29 heavy (non-hydrogen) atoms. The molecule has 0 radical (unpaired) electrons. The van der Waals surface area contributed by atoms with Crippen molar-refractivity contribution >= 4 is 17.5 Å². The molecule has 0 aliphatic carbocycles. The van der Waals surface area contributed by atoms with Crippen molar-refractivity contribution in [3.8, 4) is 5.75 Å². The Hall–Kier alpha value is -2.86. The zero-order chi connectivity index (χ0) is 20.4. The molecular weight excluding hydrogens is 368 g/mol. The lowest BCUT2D eigenvalue weighted by atomic mass is 9.84. The Bertz CT molecular complexity index is 890. The highest BCUT2D eigenvalue weighted by atomic mass is 16.5. The zero-order valence-electron chi connectivity index (χ0n) is 16.8. The first kappa shape index (κ1) is 19.5. The lowest BCUT2D eigenvalue weighted by Gasteiger charge is -2.40. The highest BCUT2D eigenvalue weighted by Crippen LogP contribution is 2.40. The van der Waals surface area contributed by atoms with Crippen LogP contribution in [-0.4, -0.2) is 56.2 Å². The molecule has 2 aromatic carbocycles. The molecule has 0 aromatic heterocycles. The first-order chi connectivity index (χ1) is 14.1. The maximum atomic E-state index is 13.3. The molecule has 0 spiro atoms. The van der Waals surface area contributed by atoms with Crippen LogP contribution in [0, 0.1) is 0 Å². The van der Waals surface area contributed by atoms with Crippen molar-refractivity contribution in [3.63, 3.8) is 0 Å². The van der Waals surface area contributed by atoms with Crippen LogP contribution in [-0.2, 0) is 9.53 Å². The number of carbonyl (C=O) groups excluding carboxylic acids is 2. The van der Waals surface area contributed by atoms with Crippen LogP contribution in [0.4, 0.5) is 5.69 Å². The van der Waals surface area contributed by atoms with Gasteiger partial charge in [-0.15, -0.1) is 0 Å². The molecule has 1 saturated heterocycles. The maximum absolute atomic E-state index is 13.3. The fourth-order valence-corrected chi connectivity index (χ4v) is 4.23. The smallest absolute Gasteiger partial charge is 0.258 e. The fourth-order valence-electron chi connectivity index (χ4n) is 4.23. The topological polar surface area (TPSA) is 59.1 Å². The summed E-state index contributed by atoms with van der Waals surface area (Å²) in [5.41, 5.74) is 2.34. The van der Waals surface area contributed by atoms with Crippen LogP contribution in [0.1, 0.15) is 35.2 Å². The molecule has 2 heterocycles. The Morgan fingerprint density at radius 3 is 2.41 bits per heavy atom. The summed E-state index contributed by atoms with van der Waals surface area (Å²) in [6, 6.07) is 14.8. The van der Waals surface area contributed by atoms with Gasteiger partial charge in [-0.1, -0.05) is 18.2 Å². The molecule has 2 aliphatic rings. The molecule has 4 rings (SSSR count). The number of anilines is 1. The van der Waals surface area contributed by atoms with Crippen molar-refractivity contribution in [1.82, 2.24) is 4.90 Å². The lowest BCUT2D eigenvalue weighted by molar-refractivity contribution is -0.137. The van der Waals surface area contributed by atoms with Gasteiger partial charge in [-0.25, -0.2) is 0 Å². The van der Waals surface area contributed by atoms with Crippen molar-refractivity contribution in [1.29, 1.82) is 0 Å². The summed E-state index contributed by atoms with van der Waals surface area (Å²) >= 11 is 0. The molecule has 0 N–H and O–H groups in total. The minimum atomic E-state index is -0.237. The van der Waals surface area contributed by atoms with E-state index in [0.29, 0.717) is 44.0 Å². The van der Waals surface area contributed by atoms with Crippen LogP contribution >= 0.6 is 0 Å². The highest BCUT2D eigenvalue weighted by Gasteiger charge is 2.38. The van der Waals surface area contributed by atoms with Gasteiger partial charge in [-0.2, -0.15) is 0 Å². The van der Waals surface area contributed by atoms with Crippen LogP contribution in [0.15, 0.2) is 48.5 Å². The van der Waals surface area contributed by atoms with Crippen molar-refractivity contribution in [2.45, 2.75) is 25.3 Å². The molecule has 0 saturated carbocycles. The maximum Gasteiger partial charge on any atom is 0.258 e. The summed E-state index contributed by atoms with van der Waals surface area (Å²) in [4.78, 5) is 30.3. The predicted molar refractivity (Wildman–Crippen MR) is 110 cm³/mol. The summed E-state index contributed by atoms with van der Waals surface area (Å²) in [6.45, 7) is 4.42. The molecule has 2 amide bonds. The summed E-state index contributed by atoms with van der Waals surface area (Å²) < 4.78 is 10.6. The number of hydrogen-bond donors (Lipinski definition) is 0. The average molecular weight is 394 g/mol. The number of amides is 2. The van der Waals surface area contributed by atoms with Gasteiger partial charge in [0.15, 0.2) is 0 Å². The minimum absolute atomic E-state index is 0.0649. The van der Waals surface area contributed by atoms with E-state index in [-0.39, 0.29) is 23.8 Å². The van der Waals surface area contributed by atoms with Gasteiger partial charge in [0.1, 0.15) is 5.75 Å². The molecular formula is C23H26N2O4. The normalized spacial score (nSPS) is 21.4. The summed E-state index contributed by atoms with van der Waals surface area (Å²) in [6.07, 6.45) is 0.606. The second-order valence-corrected chi connectivity index (χ2v) is 7.54. The minimum Gasteiger partial charge on any atom is -0.497 e. The molecule has 2 aliphatic heterocycles. The Balaban J connectivity index is 1.65. The van der Waals surface area contributed by atoms with Crippen molar-refractivity contribution in [3.05, 3.63) is 59.7 Å². The Morgan fingerprint density at radius 2 is 1.72 bits per heavy atom. The van der Waals surface area contributed by atoms with Gasteiger partial charge in [0.25, 0.3) is 5.91 Å². The van der Waals surface area contributed by atoms with E-state index in [0.717, 1.165) is 11.3 Å². The largest absolute Gasteiger partial charge is 0.497 e. The highest BCUT2D eigenvalue weighted by molar-refractivity contribution is 6.08. The van der Waals surface area contributed by atoms with E-state index in [4.69, 9.17) is 9.47 Å². The fraction of sp³-hybridized carbons (Fsp3) is 0.391. The quantitative estimate of drug-likeness (QED) is 0.803. The second kappa shape index (κ2) is 8.25. The number of rotatable bonds is 3. The van der Waals surface area contributed by atoms with Crippen LogP contribution in [0.25, 0.3) is 0 Å². The number of benzene rings is 2. The standard InChI is InChI=1S/C23H26N2O4/c1-16-15-20(23(27)24-11-13-29-14-12-24)19-5-3-4-6-21(19)25(16)22(26)17-7-9-18(28-2)10-8-17/h3-10,16,20H,11-15H2,1-2H3. The summed E-state index contributed by atoms with van der Waals surface area (Å²) in [7, 11) is 1.60. The third kappa shape index (κ3) is 3.72. The summed E-state index contributed by atoms with van der Waals surface area (Å²) in [5.74, 6) is 0.540. The number of carbonyl (C=O) groups is 2. The van der Waals surface area contributed by atoms with Gasteiger partial charge in [0.05, 0.1) is 26.2 Å². The van der Waals surface area contributed by atoms with Gasteiger partial charge >= 0.3 is 0 Å². The number of morpholine rings is 1. The van der Waals surface area contributed by atoms with E-state index in [1.165, 1.54) is 0 Å². The number of methoxy groups -OCH3 is 1. The SMILES string of the molecule is COc1ccc(C(=O)N2c3ccccc3C(C(=O)N3CCOCC3)CC2C)cc1. The number of ether oxygens (including phenoxy) is 2. The molecule has 1 fully saturated rings. The molecule has 2 aromatic rings. The van der Waals surface area contributed by atoms with Crippen LogP contribution in [0.5, 0.6) is 5.75 Å². The zero-order valence-corrected chi connectivity index (χ0v) is 16.8. The third-order valence-corrected chi connectivity index (χ3v) is 5.77. The van der Waals surface area contributed by atoms with Gasteiger partial charge < -0.3 is 19.3 Å².